The summed E-state index contributed by atoms with van der Waals surface area (Å²) in [6, 6.07) is -0.0832. The van der Waals surface area contributed by atoms with E-state index < -0.39 is 10.2 Å². The summed E-state index contributed by atoms with van der Waals surface area (Å²) in [5.74, 6) is 0.227. The highest BCUT2D eigenvalue weighted by Gasteiger charge is 2.24. The molecule has 5 nitrogen and oxygen atoms in total. The van der Waals surface area contributed by atoms with Gasteiger partial charge in [0, 0.05) is 33.0 Å². The largest absolute Gasteiger partial charge is 0.300 e. The molecule has 0 aromatic heterocycles. The summed E-state index contributed by atoms with van der Waals surface area (Å²) in [6.07, 6.45) is 2.21. The van der Waals surface area contributed by atoms with Crippen molar-refractivity contribution in [2.75, 3.05) is 14.1 Å². The van der Waals surface area contributed by atoms with Crippen molar-refractivity contribution in [1.29, 1.82) is 0 Å². The maximum atomic E-state index is 11.4. The fourth-order valence-corrected chi connectivity index (χ4v) is 2.24. The molecule has 0 unspecified atom stereocenters. The van der Waals surface area contributed by atoms with Crippen LogP contribution in [0.15, 0.2) is 0 Å². The van der Waals surface area contributed by atoms with Gasteiger partial charge in [-0.2, -0.15) is 17.4 Å². The minimum atomic E-state index is -3.34. The quantitative estimate of drug-likeness (QED) is 0.722. The van der Waals surface area contributed by atoms with E-state index in [2.05, 4.69) is 4.72 Å². The van der Waals surface area contributed by atoms with E-state index in [1.54, 1.807) is 0 Å². The van der Waals surface area contributed by atoms with Gasteiger partial charge in [0.1, 0.15) is 5.78 Å². The van der Waals surface area contributed by atoms with Crippen LogP contribution in [-0.4, -0.2) is 38.6 Å². The molecule has 0 radical (unpaired) electrons. The van der Waals surface area contributed by atoms with Crippen molar-refractivity contribution < 1.29 is 13.2 Å². The van der Waals surface area contributed by atoms with Crippen molar-refractivity contribution in [3.63, 3.8) is 0 Å². The number of Topliss-reactive ketones (excluding diaryl/α,β-unsaturated/α-hetero) is 1. The molecular weight excluding hydrogens is 204 g/mol. The fourth-order valence-electron chi connectivity index (χ4n) is 1.37. The van der Waals surface area contributed by atoms with Crippen LogP contribution < -0.4 is 4.72 Å². The van der Waals surface area contributed by atoms with Crippen LogP contribution in [0.25, 0.3) is 0 Å². The van der Waals surface area contributed by atoms with E-state index in [-0.39, 0.29) is 11.8 Å². The van der Waals surface area contributed by atoms with Crippen molar-refractivity contribution in [3.8, 4) is 0 Å². The summed E-state index contributed by atoms with van der Waals surface area (Å²) in [5, 5.41) is 0. The highest BCUT2D eigenvalue weighted by atomic mass is 32.2. The number of hydrogen-bond donors (Lipinski definition) is 1. The van der Waals surface area contributed by atoms with Crippen LogP contribution in [0.3, 0.4) is 0 Å². The standard InChI is InChI=1S/C8H16N2O3S/c1-10(2)14(12,13)9-7-3-5-8(11)6-4-7/h7,9H,3-6H2,1-2H3. The molecule has 0 amide bonds. The third-order valence-electron chi connectivity index (χ3n) is 2.34. The summed E-state index contributed by atoms with van der Waals surface area (Å²) in [7, 11) is -0.378. The van der Waals surface area contributed by atoms with Crippen LogP contribution in [0.5, 0.6) is 0 Å². The second kappa shape index (κ2) is 4.37. The van der Waals surface area contributed by atoms with Gasteiger partial charge in [-0.05, 0) is 12.8 Å². The van der Waals surface area contributed by atoms with E-state index in [4.69, 9.17) is 0 Å². The molecule has 0 saturated heterocycles. The van der Waals surface area contributed by atoms with Gasteiger partial charge in [0.05, 0.1) is 0 Å². The van der Waals surface area contributed by atoms with Crippen LogP contribution in [0.2, 0.25) is 0 Å². The lowest BCUT2D eigenvalue weighted by atomic mass is 9.95. The lowest BCUT2D eigenvalue weighted by Crippen LogP contribution is -2.43. The van der Waals surface area contributed by atoms with Crippen molar-refractivity contribution in [2.24, 2.45) is 0 Å². The molecule has 14 heavy (non-hydrogen) atoms. The third kappa shape index (κ3) is 3.04. The average Bonchev–Trinajstić information content (AvgIpc) is 2.08. The van der Waals surface area contributed by atoms with Gasteiger partial charge in [-0.25, -0.2) is 0 Å². The molecule has 1 rings (SSSR count). The molecule has 1 saturated carbocycles. The maximum Gasteiger partial charge on any atom is 0.279 e. The number of carbonyl (C=O) groups excluding carboxylic acids is 1. The first kappa shape index (κ1) is 11.6. The van der Waals surface area contributed by atoms with Gasteiger partial charge in [0.25, 0.3) is 10.2 Å². The Kier molecular flexibility index (Phi) is 3.63. The summed E-state index contributed by atoms with van der Waals surface area (Å²) in [6.45, 7) is 0. The first-order valence-electron chi connectivity index (χ1n) is 4.63. The SMILES string of the molecule is CN(C)S(=O)(=O)NC1CCC(=O)CC1. The Hall–Kier alpha value is -0.460. The molecule has 1 N–H and O–H groups in total. The van der Waals surface area contributed by atoms with Crippen molar-refractivity contribution >= 4 is 16.0 Å². The highest BCUT2D eigenvalue weighted by Crippen LogP contribution is 2.15. The minimum absolute atomic E-state index is 0.0832. The molecule has 0 aromatic carbocycles. The fraction of sp³-hybridized carbons (Fsp3) is 0.875. The number of carbonyl (C=O) groups is 1. The molecule has 0 aliphatic heterocycles. The molecule has 6 heteroatoms. The zero-order chi connectivity index (χ0) is 10.8. The summed E-state index contributed by atoms with van der Waals surface area (Å²) < 4.78 is 26.5. The van der Waals surface area contributed by atoms with Crippen LogP contribution in [-0.2, 0) is 15.0 Å². The zero-order valence-corrected chi connectivity index (χ0v) is 9.30. The van der Waals surface area contributed by atoms with E-state index in [0.717, 1.165) is 4.31 Å². The predicted octanol–water partition coefficient (Wildman–Crippen LogP) is -0.106. The number of hydrogen-bond acceptors (Lipinski definition) is 3. The molecule has 0 spiro atoms. The van der Waals surface area contributed by atoms with Gasteiger partial charge in [-0.3, -0.25) is 4.79 Å². The van der Waals surface area contributed by atoms with E-state index in [1.807, 2.05) is 0 Å². The molecular formula is C8H16N2O3S. The molecule has 0 heterocycles. The molecule has 0 aromatic rings. The van der Waals surface area contributed by atoms with Gasteiger partial charge in [-0.15, -0.1) is 0 Å². The van der Waals surface area contributed by atoms with Crippen LogP contribution in [0.1, 0.15) is 25.7 Å². The predicted molar refractivity (Wildman–Crippen MR) is 53.0 cm³/mol. The summed E-state index contributed by atoms with van der Waals surface area (Å²) in [4.78, 5) is 10.9. The van der Waals surface area contributed by atoms with Crippen molar-refractivity contribution in [2.45, 2.75) is 31.7 Å². The molecule has 0 atom stereocenters. The lowest BCUT2D eigenvalue weighted by Gasteiger charge is -2.23. The van der Waals surface area contributed by atoms with Gasteiger partial charge in [0.15, 0.2) is 0 Å². The van der Waals surface area contributed by atoms with E-state index in [9.17, 15) is 13.2 Å². The number of ketones is 1. The Bertz CT molecular complexity index is 301. The Morgan fingerprint density at radius 2 is 1.79 bits per heavy atom. The van der Waals surface area contributed by atoms with Crippen molar-refractivity contribution in [3.05, 3.63) is 0 Å². The molecule has 1 fully saturated rings. The Balaban J connectivity index is 2.50. The molecule has 1 aliphatic carbocycles. The topological polar surface area (TPSA) is 66.5 Å². The molecule has 0 bridgehead atoms. The Morgan fingerprint density at radius 3 is 2.21 bits per heavy atom. The van der Waals surface area contributed by atoms with E-state index in [1.165, 1.54) is 14.1 Å². The minimum Gasteiger partial charge on any atom is -0.300 e. The first-order chi connectivity index (χ1) is 6.42. The first-order valence-corrected chi connectivity index (χ1v) is 6.07. The summed E-state index contributed by atoms with van der Waals surface area (Å²) in [5.41, 5.74) is 0. The second-order valence-electron chi connectivity index (χ2n) is 3.72. The van der Waals surface area contributed by atoms with Gasteiger partial charge >= 0.3 is 0 Å². The number of rotatable bonds is 3. The Morgan fingerprint density at radius 1 is 1.29 bits per heavy atom. The van der Waals surface area contributed by atoms with Crippen LogP contribution in [0, 0.1) is 0 Å². The van der Waals surface area contributed by atoms with Crippen LogP contribution in [0.4, 0.5) is 0 Å². The van der Waals surface area contributed by atoms with Gasteiger partial charge < -0.3 is 0 Å². The summed E-state index contributed by atoms with van der Waals surface area (Å²) >= 11 is 0. The van der Waals surface area contributed by atoms with Gasteiger partial charge in [0.2, 0.25) is 0 Å². The van der Waals surface area contributed by atoms with Gasteiger partial charge in [-0.1, -0.05) is 0 Å². The second-order valence-corrected chi connectivity index (χ2v) is 5.63. The zero-order valence-electron chi connectivity index (χ0n) is 8.49. The number of nitrogens with zero attached hydrogens (tertiary/aromatic N) is 1. The molecule has 1 aliphatic rings. The average molecular weight is 220 g/mol. The monoisotopic (exact) mass is 220 g/mol. The van der Waals surface area contributed by atoms with E-state index in [0.29, 0.717) is 25.7 Å². The highest BCUT2D eigenvalue weighted by molar-refractivity contribution is 7.87. The molecule has 82 valence electrons. The lowest BCUT2D eigenvalue weighted by molar-refractivity contribution is -0.120. The normalized spacial score (nSPS) is 20.4. The Labute approximate surface area is 84.7 Å². The third-order valence-corrected chi connectivity index (χ3v) is 3.93. The van der Waals surface area contributed by atoms with Crippen LogP contribution >= 0.6 is 0 Å². The number of nitrogens with one attached hydrogen (secondary N) is 1. The maximum absolute atomic E-state index is 11.4. The van der Waals surface area contributed by atoms with Crippen molar-refractivity contribution in [1.82, 2.24) is 9.03 Å². The smallest absolute Gasteiger partial charge is 0.279 e. The van der Waals surface area contributed by atoms with E-state index >= 15 is 0 Å².